The van der Waals surface area contributed by atoms with E-state index in [0.29, 0.717) is 4.73 Å². The van der Waals surface area contributed by atoms with Gasteiger partial charge in [-0.1, -0.05) is 25.6 Å². The highest BCUT2D eigenvalue weighted by Crippen LogP contribution is 2.50. The summed E-state index contributed by atoms with van der Waals surface area (Å²) in [6, 6.07) is 0. The highest BCUT2D eigenvalue weighted by atomic mass is 79.9. The van der Waals surface area contributed by atoms with Crippen molar-refractivity contribution in [3.63, 3.8) is 0 Å². The number of thiophene rings is 1. The number of hydrogen-bond acceptors (Lipinski definition) is 6. The molecule has 2 aliphatic carbocycles. The van der Waals surface area contributed by atoms with E-state index in [1.165, 1.54) is 54.4 Å². The molecule has 2 N–H and O–H groups in total. The van der Waals surface area contributed by atoms with Crippen molar-refractivity contribution in [1.82, 2.24) is 14.8 Å². The third-order valence-electron chi connectivity index (χ3n) is 5.17. The maximum atomic E-state index is 9.76. The van der Waals surface area contributed by atoms with E-state index < -0.39 is 6.29 Å². The Hall–Kier alpha value is -0.410. The van der Waals surface area contributed by atoms with Crippen LogP contribution in [0.4, 0.5) is 0 Å². The molecular weight excluding hydrogens is 434 g/mol. The van der Waals surface area contributed by atoms with E-state index in [9.17, 15) is 10.2 Å². The minimum absolute atomic E-state index is 0.114. The van der Waals surface area contributed by atoms with Crippen LogP contribution in [-0.2, 0) is 12.8 Å². The predicted molar refractivity (Wildman–Crippen MR) is 108 cm³/mol. The molecule has 2 aromatic rings. The smallest absolute Gasteiger partial charge is 0.206 e. The van der Waals surface area contributed by atoms with Crippen LogP contribution in [0.1, 0.15) is 61.5 Å². The average molecular weight is 458 g/mol. The van der Waals surface area contributed by atoms with E-state index in [0.717, 1.165) is 17.5 Å². The molecule has 5 nitrogen and oxygen atoms in total. The van der Waals surface area contributed by atoms with Crippen molar-refractivity contribution in [1.29, 1.82) is 0 Å². The molecule has 1 saturated carbocycles. The minimum atomic E-state index is -1.39. The number of fused-ring (bicyclic) bond motifs is 1. The zero-order valence-corrected chi connectivity index (χ0v) is 18.2. The number of hydrogen-bond donors (Lipinski definition) is 2. The van der Waals surface area contributed by atoms with Gasteiger partial charge in [-0.25, -0.2) is 0 Å². The summed E-state index contributed by atoms with van der Waals surface area (Å²) in [6.45, 7) is 3.98. The van der Waals surface area contributed by atoms with Crippen molar-refractivity contribution < 1.29 is 10.2 Å². The topological polar surface area (TPSA) is 71.2 Å². The first kappa shape index (κ1) is 18.9. The lowest BCUT2D eigenvalue weighted by molar-refractivity contribution is -0.0475. The third-order valence-corrected chi connectivity index (χ3v) is 8.64. The molecule has 1 unspecified atom stereocenters. The van der Waals surface area contributed by atoms with Gasteiger partial charge < -0.3 is 10.2 Å². The summed E-state index contributed by atoms with van der Waals surface area (Å²) >= 11 is 6.85. The van der Waals surface area contributed by atoms with Crippen molar-refractivity contribution in [2.75, 3.05) is 0 Å². The van der Waals surface area contributed by atoms with E-state index >= 15 is 0 Å². The first-order valence-corrected chi connectivity index (χ1v) is 11.7. The van der Waals surface area contributed by atoms with Gasteiger partial charge >= 0.3 is 0 Å². The maximum Gasteiger partial charge on any atom is 0.206 e. The Morgan fingerprint density at radius 1 is 1.15 bits per heavy atom. The minimum Gasteiger partial charge on any atom is -0.367 e. The van der Waals surface area contributed by atoms with E-state index in [4.69, 9.17) is 0 Å². The second-order valence-corrected chi connectivity index (χ2v) is 10.4. The third kappa shape index (κ3) is 3.51. The Balaban J connectivity index is 1.76. The summed E-state index contributed by atoms with van der Waals surface area (Å²) < 4.78 is 2.76. The summed E-state index contributed by atoms with van der Waals surface area (Å²) in [5.74, 6) is 0.859. The number of nitrogens with zero attached hydrogens (tertiary/aromatic N) is 3. The van der Waals surface area contributed by atoms with Gasteiger partial charge in [0.05, 0.1) is 5.25 Å². The molecular formula is C18H24BrN3O2S2. The normalized spacial score (nSPS) is 18.6. The number of aliphatic hydroxyl groups excluding tert-OH is 1. The highest BCUT2D eigenvalue weighted by molar-refractivity contribution is 9.10. The summed E-state index contributed by atoms with van der Waals surface area (Å²) in [5.41, 5.74) is 3.02. The van der Waals surface area contributed by atoms with Gasteiger partial charge in [0, 0.05) is 4.88 Å². The number of aliphatic hydroxyl groups is 2. The lowest BCUT2D eigenvalue weighted by Crippen LogP contribution is -2.28. The standard InChI is InChI=1S/C18H24BrN3O2S2/c1-9(2)13(16(23)24)26-18-21-20-17(19)22(18)15-12-6-4-3-5-11(12)14(25-15)10-7-8-10/h9-10,13,16,23-24H,3-8H2,1-2H3. The van der Waals surface area contributed by atoms with Gasteiger partial charge in [0.15, 0.2) is 11.4 Å². The second kappa shape index (κ2) is 7.54. The van der Waals surface area contributed by atoms with E-state index in [1.807, 2.05) is 25.2 Å². The Morgan fingerprint density at radius 2 is 1.85 bits per heavy atom. The summed E-state index contributed by atoms with van der Waals surface area (Å²) in [5, 5.41) is 29.7. The molecule has 8 heteroatoms. The summed E-state index contributed by atoms with van der Waals surface area (Å²) in [4.78, 5) is 1.56. The molecule has 4 rings (SSSR count). The molecule has 26 heavy (non-hydrogen) atoms. The fourth-order valence-corrected chi connectivity index (χ4v) is 6.96. The number of thioether (sulfide) groups is 1. The van der Waals surface area contributed by atoms with E-state index in [1.54, 1.807) is 10.4 Å². The number of halogens is 1. The molecule has 0 bridgehead atoms. The van der Waals surface area contributed by atoms with Crippen LogP contribution >= 0.6 is 39.0 Å². The number of aromatic nitrogens is 3. The fourth-order valence-electron chi connectivity index (χ4n) is 3.66. The molecule has 0 amide bonds. The van der Waals surface area contributed by atoms with Crippen LogP contribution in [0.2, 0.25) is 0 Å². The van der Waals surface area contributed by atoms with Gasteiger partial charge in [-0.15, -0.1) is 21.5 Å². The molecule has 0 saturated heterocycles. The van der Waals surface area contributed by atoms with Crippen molar-refractivity contribution in [2.45, 2.75) is 75.0 Å². The van der Waals surface area contributed by atoms with Crippen LogP contribution in [0.15, 0.2) is 9.89 Å². The molecule has 2 aliphatic rings. The van der Waals surface area contributed by atoms with E-state index in [2.05, 4.69) is 30.7 Å². The van der Waals surface area contributed by atoms with Gasteiger partial charge in [-0.2, -0.15) is 0 Å². The molecule has 0 aliphatic heterocycles. The van der Waals surface area contributed by atoms with Crippen molar-refractivity contribution in [3.8, 4) is 5.00 Å². The van der Waals surface area contributed by atoms with Gasteiger partial charge in [-0.05, 0) is 77.4 Å². The lowest BCUT2D eigenvalue weighted by Gasteiger charge is -2.22. The summed E-state index contributed by atoms with van der Waals surface area (Å²) in [6.07, 6.45) is 6.03. The van der Waals surface area contributed by atoms with Gasteiger partial charge in [-0.3, -0.25) is 4.57 Å². The Labute approximate surface area is 170 Å². The zero-order chi connectivity index (χ0) is 18.4. The molecule has 2 heterocycles. The molecule has 142 valence electrons. The maximum absolute atomic E-state index is 9.76. The largest absolute Gasteiger partial charge is 0.367 e. The van der Waals surface area contributed by atoms with Crippen molar-refractivity contribution in [3.05, 3.63) is 20.7 Å². The molecule has 0 spiro atoms. The quantitative estimate of drug-likeness (QED) is 0.500. The average Bonchev–Trinajstić information content (AvgIpc) is 3.29. The molecule has 0 radical (unpaired) electrons. The fraction of sp³-hybridized carbons (Fsp3) is 0.667. The van der Waals surface area contributed by atoms with Crippen LogP contribution in [0, 0.1) is 5.92 Å². The first-order valence-electron chi connectivity index (χ1n) is 9.26. The van der Waals surface area contributed by atoms with Gasteiger partial charge in [0.2, 0.25) is 4.73 Å². The second-order valence-electron chi connectivity index (χ2n) is 7.54. The van der Waals surface area contributed by atoms with Gasteiger partial charge in [0.25, 0.3) is 0 Å². The first-order chi connectivity index (χ1) is 12.5. The molecule has 1 fully saturated rings. The Bertz CT molecular complexity index is 791. The lowest BCUT2D eigenvalue weighted by atomic mass is 9.92. The Kier molecular flexibility index (Phi) is 5.49. The SMILES string of the molecule is CC(C)C(Sc1nnc(Br)n1-c1sc(C2CC2)c2c1CCCC2)C(O)O. The van der Waals surface area contributed by atoms with Crippen LogP contribution in [0.25, 0.3) is 5.00 Å². The summed E-state index contributed by atoms with van der Waals surface area (Å²) in [7, 11) is 0. The molecule has 1 atom stereocenters. The van der Waals surface area contributed by atoms with Crippen LogP contribution in [0.3, 0.4) is 0 Å². The van der Waals surface area contributed by atoms with Crippen LogP contribution < -0.4 is 0 Å². The molecule has 0 aromatic carbocycles. The molecule has 2 aromatic heterocycles. The van der Waals surface area contributed by atoms with Crippen LogP contribution in [0.5, 0.6) is 0 Å². The van der Waals surface area contributed by atoms with Crippen LogP contribution in [-0.4, -0.2) is 36.5 Å². The van der Waals surface area contributed by atoms with Gasteiger partial charge in [0.1, 0.15) is 5.00 Å². The monoisotopic (exact) mass is 457 g/mol. The van der Waals surface area contributed by atoms with E-state index in [-0.39, 0.29) is 11.2 Å². The zero-order valence-electron chi connectivity index (χ0n) is 15.0. The number of rotatable bonds is 6. The van der Waals surface area contributed by atoms with Crippen molar-refractivity contribution in [2.24, 2.45) is 5.92 Å². The Morgan fingerprint density at radius 3 is 2.46 bits per heavy atom. The van der Waals surface area contributed by atoms with Crippen molar-refractivity contribution >= 4 is 39.0 Å². The predicted octanol–water partition coefficient (Wildman–Crippen LogP) is 4.27. The highest BCUT2D eigenvalue weighted by Gasteiger charge is 2.34.